The second kappa shape index (κ2) is 7.28. The van der Waals surface area contributed by atoms with Gasteiger partial charge in [-0.2, -0.15) is 0 Å². The maximum atomic E-state index is 11.6. The quantitative estimate of drug-likeness (QED) is 0.730. The summed E-state index contributed by atoms with van der Waals surface area (Å²) in [5.74, 6) is 0.885. The maximum Gasteiger partial charge on any atom is 0.250 e. The number of carbonyl (C=O) groups excluding carboxylic acids is 1. The number of amides is 1. The lowest BCUT2D eigenvalue weighted by Gasteiger charge is -2.06. The van der Waals surface area contributed by atoms with Crippen LogP contribution in [-0.4, -0.2) is 27.0 Å². The number of imidazole rings is 1. The summed E-state index contributed by atoms with van der Waals surface area (Å²) in [6.45, 7) is 1.02. The Morgan fingerprint density at radius 1 is 1.40 bits per heavy atom. The molecule has 0 fully saturated rings. The van der Waals surface area contributed by atoms with Gasteiger partial charge in [0.15, 0.2) is 0 Å². The molecule has 1 amide bonds. The van der Waals surface area contributed by atoms with E-state index in [0.717, 1.165) is 18.7 Å². The summed E-state index contributed by atoms with van der Waals surface area (Å²) in [5.41, 5.74) is -0.0851. The molecule has 0 aliphatic carbocycles. The summed E-state index contributed by atoms with van der Waals surface area (Å²) in [6.07, 6.45) is 7.14. The fourth-order valence-electron chi connectivity index (χ4n) is 1.87. The highest BCUT2D eigenvalue weighted by Gasteiger charge is 2.02. The number of rotatable bonds is 7. The Labute approximate surface area is 116 Å². The molecule has 0 unspecified atom stereocenters. The zero-order valence-corrected chi connectivity index (χ0v) is 11.2. The Morgan fingerprint density at radius 2 is 2.30 bits per heavy atom. The van der Waals surface area contributed by atoms with Crippen LogP contribution in [0.5, 0.6) is 0 Å². The van der Waals surface area contributed by atoms with Crippen molar-refractivity contribution in [2.24, 2.45) is 0 Å². The number of nitrogens with zero attached hydrogens (tertiary/aromatic N) is 2. The Morgan fingerprint density at radius 3 is 3.05 bits per heavy atom. The number of H-pyrrole nitrogens is 1. The van der Waals surface area contributed by atoms with Crippen LogP contribution >= 0.6 is 0 Å². The fourth-order valence-corrected chi connectivity index (χ4v) is 1.87. The van der Waals surface area contributed by atoms with E-state index in [9.17, 15) is 9.59 Å². The molecule has 2 aromatic heterocycles. The van der Waals surface area contributed by atoms with Crippen molar-refractivity contribution < 1.29 is 4.79 Å². The van der Waals surface area contributed by atoms with E-state index in [0.29, 0.717) is 19.5 Å². The van der Waals surface area contributed by atoms with E-state index < -0.39 is 0 Å². The maximum absolute atomic E-state index is 11.6. The lowest BCUT2D eigenvalue weighted by molar-refractivity contribution is -0.121. The monoisotopic (exact) mass is 274 g/mol. The smallest absolute Gasteiger partial charge is 0.250 e. The minimum Gasteiger partial charge on any atom is -0.356 e. The largest absolute Gasteiger partial charge is 0.356 e. The number of aromatic nitrogens is 3. The van der Waals surface area contributed by atoms with Crippen molar-refractivity contribution in [2.75, 3.05) is 6.54 Å². The molecule has 0 aliphatic heterocycles. The number of nitrogens with one attached hydrogen (secondary N) is 2. The van der Waals surface area contributed by atoms with Crippen molar-refractivity contribution in [3.8, 4) is 0 Å². The van der Waals surface area contributed by atoms with Crippen molar-refractivity contribution >= 4 is 5.91 Å². The first kappa shape index (κ1) is 14.0. The number of aromatic amines is 1. The highest BCUT2D eigenvalue weighted by atomic mass is 16.1. The molecule has 0 bridgehead atoms. The molecule has 0 radical (unpaired) electrons. The van der Waals surface area contributed by atoms with Crippen molar-refractivity contribution in [1.82, 2.24) is 19.9 Å². The average Bonchev–Trinajstić information content (AvgIpc) is 2.96. The van der Waals surface area contributed by atoms with E-state index in [4.69, 9.17) is 0 Å². The van der Waals surface area contributed by atoms with Crippen LogP contribution in [0.15, 0.2) is 41.6 Å². The first-order valence-corrected chi connectivity index (χ1v) is 6.66. The molecule has 0 saturated carbocycles. The summed E-state index contributed by atoms with van der Waals surface area (Å²) < 4.78 is 1.53. The van der Waals surface area contributed by atoms with E-state index in [1.54, 1.807) is 30.7 Å². The highest BCUT2D eigenvalue weighted by molar-refractivity contribution is 5.75. The normalized spacial score (nSPS) is 10.4. The molecule has 6 nitrogen and oxygen atoms in total. The van der Waals surface area contributed by atoms with Crippen molar-refractivity contribution in [3.63, 3.8) is 0 Å². The minimum atomic E-state index is -0.0851. The van der Waals surface area contributed by atoms with Gasteiger partial charge in [-0.3, -0.25) is 9.59 Å². The van der Waals surface area contributed by atoms with Gasteiger partial charge in [0.05, 0.1) is 0 Å². The van der Waals surface area contributed by atoms with Gasteiger partial charge in [0, 0.05) is 50.6 Å². The third-order valence-corrected chi connectivity index (χ3v) is 2.95. The zero-order chi connectivity index (χ0) is 14.2. The van der Waals surface area contributed by atoms with Crippen LogP contribution in [0.3, 0.4) is 0 Å². The van der Waals surface area contributed by atoms with Gasteiger partial charge in [0.1, 0.15) is 5.82 Å². The predicted molar refractivity (Wildman–Crippen MR) is 75.2 cm³/mol. The van der Waals surface area contributed by atoms with Gasteiger partial charge >= 0.3 is 0 Å². The van der Waals surface area contributed by atoms with Gasteiger partial charge in [-0.1, -0.05) is 6.07 Å². The standard InChI is InChI=1S/C14H18N4O2/c19-13(6-11-18-10-2-1-5-14(18)20)17-7-3-4-12-15-8-9-16-12/h1-2,5,8-10H,3-4,6-7,11H2,(H,15,16)(H,17,19). The summed E-state index contributed by atoms with van der Waals surface area (Å²) in [6, 6.07) is 4.96. The van der Waals surface area contributed by atoms with Gasteiger partial charge in [0.2, 0.25) is 5.91 Å². The minimum absolute atomic E-state index is 0.0415. The van der Waals surface area contributed by atoms with E-state index in [-0.39, 0.29) is 11.5 Å². The summed E-state index contributed by atoms with van der Waals surface area (Å²) >= 11 is 0. The molecule has 0 saturated heterocycles. The molecule has 2 rings (SSSR count). The molecule has 20 heavy (non-hydrogen) atoms. The second-order valence-electron chi connectivity index (χ2n) is 4.47. The van der Waals surface area contributed by atoms with Crippen LogP contribution < -0.4 is 10.9 Å². The van der Waals surface area contributed by atoms with Crippen LogP contribution in [0.25, 0.3) is 0 Å². The van der Waals surface area contributed by atoms with Crippen LogP contribution in [0.1, 0.15) is 18.7 Å². The third-order valence-electron chi connectivity index (χ3n) is 2.95. The second-order valence-corrected chi connectivity index (χ2v) is 4.47. The van der Waals surface area contributed by atoms with Crippen molar-refractivity contribution in [1.29, 1.82) is 0 Å². The molecule has 0 spiro atoms. The zero-order valence-electron chi connectivity index (χ0n) is 11.2. The lowest BCUT2D eigenvalue weighted by Crippen LogP contribution is -2.27. The number of pyridine rings is 1. The van der Waals surface area contributed by atoms with E-state index in [2.05, 4.69) is 15.3 Å². The summed E-state index contributed by atoms with van der Waals surface area (Å²) in [4.78, 5) is 30.2. The number of aryl methyl sites for hydroxylation is 2. The first-order valence-electron chi connectivity index (χ1n) is 6.66. The SMILES string of the molecule is O=C(CCn1ccccc1=O)NCCCc1ncc[nH]1. The molecule has 2 N–H and O–H groups in total. The van der Waals surface area contributed by atoms with E-state index in [1.807, 2.05) is 0 Å². The Bertz CT molecular complexity index is 589. The topological polar surface area (TPSA) is 79.8 Å². The van der Waals surface area contributed by atoms with Gasteiger partial charge in [-0.15, -0.1) is 0 Å². The van der Waals surface area contributed by atoms with Gasteiger partial charge in [-0.25, -0.2) is 4.98 Å². The van der Waals surface area contributed by atoms with Crippen molar-refractivity contribution in [3.05, 3.63) is 53.0 Å². The number of carbonyl (C=O) groups is 1. The first-order chi connectivity index (χ1) is 9.75. The predicted octanol–water partition coefficient (Wildman–Crippen LogP) is 0.710. The van der Waals surface area contributed by atoms with Crippen LogP contribution in [0.4, 0.5) is 0 Å². The summed E-state index contributed by atoms with van der Waals surface area (Å²) in [7, 11) is 0. The van der Waals surface area contributed by atoms with E-state index in [1.165, 1.54) is 10.6 Å². The Balaban J connectivity index is 1.63. The molecule has 0 aromatic carbocycles. The Kier molecular flexibility index (Phi) is 5.11. The molecular formula is C14H18N4O2. The lowest BCUT2D eigenvalue weighted by atomic mass is 10.3. The molecule has 2 aromatic rings. The number of hydrogen-bond acceptors (Lipinski definition) is 3. The van der Waals surface area contributed by atoms with Crippen LogP contribution in [0.2, 0.25) is 0 Å². The molecule has 6 heteroatoms. The van der Waals surface area contributed by atoms with E-state index >= 15 is 0 Å². The van der Waals surface area contributed by atoms with Crippen LogP contribution in [-0.2, 0) is 17.8 Å². The fraction of sp³-hybridized carbons (Fsp3) is 0.357. The third kappa shape index (κ3) is 4.38. The van der Waals surface area contributed by atoms with Gasteiger partial charge in [0.25, 0.3) is 5.56 Å². The molecular weight excluding hydrogens is 256 g/mol. The molecule has 106 valence electrons. The van der Waals surface area contributed by atoms with Gasteiger partial charge in [-0.05, 0) is 12.5 Å². The number of hydrogen-bond donors (Lipinski definition) is 2. The Hall–Kier alpha value is -2.37. The van der Waals surface area contributed by atoms with Gasteiger partial charge < -0.3 is 14.9 Å². The van der Waals surface area contributed by atoms with Crippen molar-refractivity contribution in [2.45, 2.75) is 25.8 Å². The average molecular weight is 274 g/mol. The summed E-state index contributed by atoms with van der Waals surface area (Å²) in [5, 5.41) is 2.84. The molecule has 0 aliphatic rings. The highest BCUT2D eigenvalue weighted by Crippen LogP contribution is 1.94. The molecule has 0 atom stereocenters. The van der Waals surface area contributed by atoms with Crippen LogP contribution in [0, 0.1) is 0 Å². The molecule has 2 heterocycles.